The van der Waals surface area contributed by atoms with Crippen LogP contribution >= 0.6 is 12.2 Å². The van der Waals surface area contributed by atoms with Gasteiger partial charge in [-0.05, 0) is 24.4 Å². The van der Waals surface area contributed by atoms with Gasteiger partial charge in [0.15, 0.2) is 5.69 Å². The van der Waals surface area contributed by atoms with Crippen molar-refractivity contribution in [3.63, 3.8) is 0 Å². The number of nitrogens with zero attached hydrogens (tertiary/aromatic N) is 2. The molecular weight excluding hydrogens is 201 g/mol. The van der Waals surface area contributed by atoms with Crippen molar-refractivity contribution in [2.45, 2.75) is 6.18 Å². The molecule has 0 aliphatic heterocycles. The summed E-state index contributed by atoms with van der Waals surface area (Å²) in [6.07, 6.45) is -3.46. The summed E-state index contributed by atoms with van der Waals surface area (Å²) in [4.78, 5) is 6.42. The van der Waals surface area contributed by atoms with Crippen LogP contribution < -0.4 is 0 Å². The number of halogens is 3. The van der Waals surface area contributed by atoms with Gasteiger partial charge >= 0.3 is 6.18 Å². The highest BCUT2D eigenvalue weighted by atomic mass is 32.1. The first-order valence-corrected chi connectivity index (χ1v) is 3.56. The quantitative estimate of drug-likeness (QED) is 0.519. The molecule has 13 heavy (non-hydrogen) atoms. The fourth-order valence-electron chi connectivity index (χ4n) is 0.755. The minimum absolute atomic E-state index is 0.315. The molecule has 0 saturated carbocycles. The predicted octanol–water partition coefficient (Wildman–Crippen LogP) is 2.83. The highest BCUT2D eigenvalue weighted by Crippen LogP contribution is 2.33. The van der Waals surface area contributed by atoms with Crippen molar-refractivity contribution >= 4 is 23.1 Å². The summed E-state index contributed by atoms with van der Waals surface area (Å²) in [5, 5.41) is 1.86. The molecule has 0 radical (unpaired) electrons. The normalized spacial score (nSPS) is 10.7. The Kier molecular flexibility index (Phi) is 2.75. The van der Waals surface area contributed by atoms with Gasteiger partial charge in [0.1, 0.15) is 5.69 Å². The molecule has 1 aromatic rings. The van der Waals surface area contributed by atoms with E-state index in [1.54, 1.807) is 0 Å². The number of aromatic nitrogens is 1. The second-order valence-electron chi connectivity index (χ2n) is 2.07. The third kappa shape index (κ3) is 2.34. The van der Waals surface area contributed by atoms with Crippen LogP contribution in [0, 0.1) is 0 Å². The molecule has 0 saturated heterocycles. The minimum Gasteiger partial charge on any atom is -0.250 e. The lowest BCUT2D eigenvalue weighted by atomic mass is 10.3. The van der Waals surface area contributed by atoms with Gasteiger partial charge in [-0.3, -0.25) is 0 Å². The van der Waals surface area contributed by atoms with Crippen molar-refractivity contribution in [1.29, 1.82) is 0 Å². The zero-order valence-corrected chi connectivity index (χ0v) is 6.99. The Labute approximate surface area is 77.1 Å². The molecule has 0 N–H and O–H groups in total. The molecule has 68 valence electrons. The summed E-state index contributed by atoms with van der Waals surface area (Å²) in [5.41, 5.74) is -1.36. The van der Waals surface area contributed by atoms with E-state index < -0.39 is 11.9 Å². The average molecular weight is 204 g/mol. The molecular formula is C7H3F3N2S. The van der Waals surface area contributed by atoms with Crippen LogP contribution in [0.5, 0.6) is 0 Å². The summed E-state index contributed by atoms with van der Waals surface area (Å²) >= 11 is 4.20. The van der Waals surface area contributed by atoms with Gasteiger partial charge < -0.3 is 0 Å². The Balaban J connectivity index is 3.27. The van der Waals surface area contributed by atoms with Crippen LogP contribution in [0.15, 0.2) is 23.3 Å². The highest BCUT2D eigenvalue weighted by molar-refractivity contribution is 7.78. The van der Waals surface area contributed by atoms with Crippen molar-refractivity contribution < 1.29 is 13.2 Å². The molecule has 0 aliphatic carbocycles. The fourth-order valence-corrected chi connectivity index (χ4v) is 0.853. The van der Waals surface area contributed by atoms with Crippen molar-refractivity contribution in [1.82, 2.24) is 4.98 Å². The number of thiocarbonyl (C=S) groups is 1. The lowest BCUT2D eigenvalue weighted by molar-refractivity contribution is -0.140. The largest absolute Gasteiger partial charge is 0.435 e. The van der Waals surface area contributed by atoms with Crippen molar-refractivity contribution in [2.24, 2.45) is 4.99 Å². The molecule has 1 rings (SSSR count). The molecule has 0 fully saturated rings. The van der Waals surface area contributed by atoms with Gasteiger partial charge in [-0.25, -0.2) is 4.98 Å². The Hall–Kier alpha value is -1.26. The van der Waals surface area contributed by atoms with E-state index in [-0.39, 0.29) is 5.69 Å². The van der Waals surface area contributed by atoms with Crippen LogP contribution in [-0.4, -0.2) is 10.1 Å². The van der Waals surface area contributed by atoms with Gasteiger partial charge in [0.2, 0.25) is 0 Å². The summed E-state index contributed by atoms with van der Waals surface area (Å²) in [6, 6.07) is 2.52. The Morgan fingerprint density at radius 1 is 1.46 bits per heavy atom. The van der Waals surface area contributed by atoms with E-state index in [0.717, 1.165) is 6.20 Å². The first-order chi connectivity index (χ1) is 6.05. The molecule has 0 bridgehead atoms. The van der Waals surface area contributed by atoms with Crippen molar-refractivity contribution in [3.8, 4) is 0 Å². The van der Waals surface area contributed by atoms with E-state index >= 15 is 0 Å². The number of pyridine rings is 1. The van der Waals surface area contributed by atoms with E-state index in [2.05, 4.69) is 22.2 Å². The van der Waals surface area contributed by atoms with Crippen LogP contribution in [-0.2, 0) is 6.18 Å². The molecule has 1 heterocycles. The molecule has 6 heteroatoms. The number of alkyl halides is 3. The molecule has 0 unspecified atom stereocenters. The van der Waals surface area contributed by atoms with Crippen LogP contribution in [0.4, 0.5) is 18.9 Å². The van der Waals surface area contributed by atoms with Gasteiger partial charge in [0, 0.05) is 6.20 Å². The lowest BCUT2D eigenvalue weighted by Gasteiger charge is -2.06. The third-order valence-electron chi connectivity index (χ3n) is 1.22. The minimum atomic E-state index is -4.51. The van der Waals surface area contributed by atoms with Gasteiger partial charge in [-0.2, -0.15) is 18.2 Å². The lowest BCUT2D eigenvalue weighted by Crippen LogP contribution is -2.07. The molecule has 0 atom stereocenters. The Morgan fingerprint density at radius 2 is 2.15 bits per heavy atom. The van der Waals surface area contributed by atoms with Crippen LogP contribution in [0.25, 0.3) is 0 Å². The molecule has 1 aromatic heterocycles. The highest BCUT2D eigenvalue weighted by Gasteiger charge is 2.35. The summed E-state index contributed by atoms with van der Waals surface area (Å²) in [6.45, 7) is 0. The summed E-state index contributed by atoms with van der Waals surface area (Å²) < 4.78 is 36.6. The first kappa shape index (κ1) is 9.83. The Morgan fingerprint density at radius 3 is 2.69 bits per heavy atom. The monoisotopic (exact) mass is 204 g/mol. The topological polar surface area (TPSA) is 25.2 Å². The zero-order valence-electron chi connectivity index (χ0n) is 6.17. The second kappa shape index (κ2) is 3.64. The van der Waals surface area contributed by atoms with E-state index in [1.165, 1.54) is 12.1 Å². The van der Waals surface area contributed by atoms with E-state index in [4.69, 9.17) is 0 Å². The van der Waals surface area contributed by atoms with Crippen LogP contribution in [0.2, 0.25) is 0 Å². The second-order valence-corrected chi connectivity index (χ2v) is 2.25. The number of hydrogen-bond acceptors (Lipinski definition) is 3. The van der Waals surface area contributed by atoms with Crippen molar-refractivity contribution in [3.05, 3.63) is 24.0 Å². The van der Waals surface area contributed by atoms with Gasteiger partial charge in [0.05, 0.1) is 5.16 Å². The molecule has 0 aromatic carbocycles. The average Bonchev–Trinajstić information content (AvgIpc) is 2.04. The van der Waals surface area contributed by atoms with E-state index in [9.17, 15) is 13.2 Å². The maximum Gasteiger partial charge on any atom is 0.435 e. The van der Waals surface area contributed by atoms with Gasteiger partial charge in [0.25, 0.3) is 0 Å². The molecule has 0 spiro atoms. The molecule has 0 amide bonds. The van der Waals surface area contributed by atoms with Crippen molar-refractivity contribution in [2.75, 3.05) is 0 Å². The number of hydrogen-bond donors (Lipinski definition) is 0. The number of isothiocyanates is 1. The van der Waals surface area contributed by atoms with E-state index in [0.29, 0.717) is 0 Å². The first-order valence-electron chi connectivity index (χ1n) is 3.16. The molecule has 0 aliphatic rings. The predicted molar refractivity (Wildman–Crippen MR) is 43.9 cm³/mol. The number of aliphatic imine (C=N–C) groups is 1. The number of rotatable bonds is 1. The smallest absolute Gasteiger partial charge is 0.250 e. The van der Waals surface area contributed by atoms with Gasteiger partial charge in [-0.1, -0.05) is 0 Å². The summed E-state index contributed by atoms with van der Waals surface area (Å²) in [7, 11) is 0. The third-order valence-corrected chi connectivity index (χ3v) is 1.31. The molecule has 2 nitrogen and oxygen atoms in total. The van der Waals surface area contributed by atoms with Gasteiger partial charge in [-0.15, -0.1) is 0 Å². The maximum atomic E-state index is 12.2. The van der Waals surface area contributed by atoms with Crippen LogP contribution in [0.3, 0.4) is 0 Å². The summed E-state index contributed by atoms with van der Waals surface area (Å²) in [5.74, 6) is 0. The standard InChI is InChI=1S/C7H3F3N2S/c8-7(9,10)6-5(12-4-13)2-1-3-11-6/h1-3H. The van der Waals surface area contributed by atoms with Crippen LogP contribution in [0.1, 0.15) is 5.69 Å². The zero-order chi connectivity index (χ0) is 9.90. The SMILES string of the molecule is FC(F)(F)c1ncccc1N=C=S. The fraction of sp³-hybridized carbons (Fsp3) is 0.143. The van der Waals surface area contributed by atoms with E-state index in [1.807, 2.05) is 5.16 Å². The maximum absolute atomic E-state index is 12.2. The Bertz CT molecular complexity index is 355.